The van der Waals surface area contributed by atoms with Crippen molar-refractivity contribution in [2.24, 2.45) is 0 Å². The number of hydrogen-bond acceptors (Lipinski definition) is 2. The zero-order valence-electron chi connectivity index (χ0n) is 59.9. The third-order valence-corrected chi connectivity index (χ3v) is 19.0. The van der Waals surface area contributed by atoms with Crippen LogP contribution in [-0.4, -0.2) is 64.8 Å². The Morgan fingerprint density at radius 2 is 0.771 bits per heavy atom. The van der Waals surface area contributed by atoms with Crippen LogP contribution < -0.4 is 4.90 Å². The molecule has 0 saturated heterocycles. The molecule has 0 spiro atoms. The number of rotatable bonds is 8. The molecule has 0 fully saturated rings. The molecule has 0 aromatic heterocycles. The number of allylic oxidation sites excluding steroid dienone is 10. The summed E-state index contributed by atoms with van der Waals surface area (Å²) in [6.07, 6.45) is 19.3. The summed E-state index contributed by atoms with van der Waals surface area (Å²) in [6, 6.07) is 62.6. The van der Waals surface area contributed by atoms with Crippen molar-refractivity contribution < 1.29 is 94.1 Å². The van der Waals surface area contributed by atoms with Crippen molar-refractivity contribution in [3.63, 3.8) is 0 Å². The SMILES string of the molecule is CC(=O)C(C=CC=CC1=[N+](C)c2ccc3ccccc3c2C1(C)C)c1ccccc1.CC1=[N+](C)c2c(ccc3ccccc23)C1(C)C.CN1C(=CC=CC=CC2=[N+](C)c3c(ccc4ccccc34)C2(C)C)C(C)(C)c2c1ccc1ccccc21.F[P-](F)(F)(F)(F)F.F[P-](F)(F)(F)(F)F.F[P-](F)(F)(F)(F)F. The predicted octanol–water partition coefficient (Wildman–Crippen LogP) is 28.8. The Bertz CT molecular complexity index is 5110. The fourth-order valence-electron chi connectivity index (χ4n) is 14.2. The van der Waals surface area contributed by atoms with Crippen LogP contribution >= 0.6 is 23.4 Å². The Morgan fingerprint density at radius 1 is 0.400 bits per heavy atom. The van der Waals surface area contributed by atoms with E-state index < -0.39 is 23.4 Å². The Kier molecular flexibility index (Phi) is 20.5. The van der Waals surface area contributed by atoms with Gasteiger partial charge in [-0.3, -0.25) is 4.79 Å². The number of Topliss-reactive ketones (excluding diaryl/α,β-unsaturated/α-hetero) is 1. The number of halogens is 18. The summed E-state index contributed by atoms with van der Waals surface area (Å²) >= 11 is 0. The average Bonchev–Trinajstić information content (AvgIpc) is 1.60. The average molecular weight is 1540 g/mol. The van der Waals surface area contributed by atoms with E-state index in [1.807, 2.05) is 42.5 Å². The van der Waals surface area contributed by atoms with Gasteiger partial charge in [-0.1, -0.05) is 196 Å². The van der Waals surface area contributed by atoms with Gasteiger partial charge in [0.15, 0.2) is 17.1 Å². The summed E-state index contributed by atoms with van der Waals surface area (Å²) in [6.45, 7) is 22.4. The van der Waals surface area contributed by atoms with E-state index in [4.69, 9.17) is 0 Å². The van der Waals surface area contributed by atoms with E-state index in [-0.39, 0.29) is 33.4 Å². The van der Waals surface area contributed by atoms with E-state index in [1.54, 1.807) is 6.92 Å². The molecule has 0 saturated carbocycles. The summed E-state index contributed by atoms with van der Waals surface area (Å²) in [5, 5.41) is 10.5. The van der Waals surface area contributed by atoms with Gasteiger partial charge >= 0.3 is 99.0 Å². The molecule has 0 N–H and O–H groups in total. The first-order valence-corrected chi connectivity index (χ1v) is 38.9. The van der Waals surface area contributed by atoms with E-state index in [0.717, 1.165) is 5.56 Å². The number of carbonyl (C=O) groups excluding carboxylic acids is 1. The maximum absolute atomic E-state index is 12.1. The zero-order chi connectivity index (χ0) is 78.7. The van der Waals surface area contributed by atoms with E-state index in [9.17, 15) is 80.3 Å². The molecule has 564 valence electrons. The number of ketones is 1. The van der Waals surface area contributed by atoms with Gasteiger partial charge in [0, 0.05) is 65.7 Å². The second-order valence-corrected chi connectivity index (χ2v) is 34.0. The fourth-order valence-corrected chi connectivity index (χ4v) is 14.2. The molecule has 0 bridgehead atoms. The molecule has 13 rings (SSSR count). The van der Waals surface area contributed by atoms with Crippen molar-refractivity contribution in [3.05, 3.63) is 264 Å². The van der Waals surface area contributed by atoms with Gasteiger partial charge in [0.05, 0.1) is 32.9 Å². The molecule has 1 atom stereocenters. The monoisotopic (exact) mass is 1540 g/mol. The normalized spacial score (nSPS) is 19.0. The summed E-state index contributed by atoms with van der Waals surface area (Å²) < 4.78 is 185. The van der Waals surface area contributed by atoms with Gasteiger partial charge in [-0.2, -0.15) is 9.15 Å². The Hall–Kier alpha value is -8.77. The molecule has 0 aliphatic carbocycles. The van der Waals surface area contributed by atoms with Crippen LogP contribution in [-0.2, 0) is 26.5 Å². The van der Waals surface area contributed by atoms with Crippen LogP contribution in [0.25, 0.3) is 43.1 Å². The van der Waals surface area contributed by atoms with Crippen LogP contribution in [0.5, 0.6) is 0 Å². The first-order valence-electron chi connectivity index (χ1n) is 32.8. The molecule has 4 aliphatic heterocycles. The molecule has 9 aromatic carbocycles. The van der Waals surface area contributed by atoms with Gasteiger partial charge in [0.25, 0.3) is 0 Å². The van der Waals surface area contributed by atoms with Crippen molar-refractivity contribution in [1.82, 2.24) is 0 Å². The van der Waals surface area contributed by atoms with Gasteiger partial charge < -0.3 is 4.90 Å². The van der Waals surface area contributed by atoms with Crippen LogP contribution in [0.2, 0.25) is 0 Å². The van der Waals surface area contributed by atoms with Crippen molar-refractivity contribution in [1.29, 1.82) is 0 Å². The van der Waals surface area contributed by atoms with Crippen LogP contribution in [0.4, 0.5) is 98.3 Å². The van der Waals surface area contributed by atoms with Crippen LogP contribution in [0.1, 0.15) is 103 Å². The van der Waals surface area contributed by atoms with E-state index in [2.05, 4.69) is 297 Å². The van der Waals surface area contributed by atoms with Crippen LogP contribution in [0.15, 0.2) is 236 Å². The van der Waals surface area contributed by atoms with Gasteiger partial charge in [-0.25, -0.2) is 4.58 Å². The van der Waals surface area contributed by atoms with Crippen LogP contribution in [0.3, 0.4) is 0 Å². The molecule has 5 nitrogen and oxygen atoms in total. The number of likely N-dealkylation sites (N-methyl/N-ethyl adjacent to an activating group) is 1. The maximum atomic E-state index is 12.1. The van der Waals surface area contributed by atoms with Crippen molar-refractivity contribution in [2.75, 3.05) is 33.1 Å². The molecule has 4 aliphatic rings. The van der Waals surface area contributed by atoms with Gasteiger partial charge in [0.1, 0.15) is 26.9 Å². The molecule has 1 unspecified atom stereocenters. The second kappa shape index (κ2) is 26.3. The number of carbonyl (C=O) groups is 1. The van der Waals surface area contributed by atoms with Gasteiger partial charge in [0.2, 0.25) is 17.1 Å². The van der Waals surface area contributed by atoms with E-state index in [1.165, 1.54) is 111 Å². The van der Waals surface area contributed by atoms with Gasteiger partial charge in [-0.05, 0) is 122 Å². The topological polar surface area (TPSA) is 29.3 Å². The molecule has 0 radical (unpaired) electrons. The van der Waals surface area contributed by atoms with E-state index >= 15 is 0 Å². The molecule has 9 aromatic rings. The standard InChI is InChI=1S/C35H35N2.C28H28NO.C16H18N.3F6P/c1-34(2)28-22-20-25-15-11-13-17-27(25)33(28)37(6)30(34)18-8-7-9-19-31-35(3,4)32-26-16-12-10-14-24(26)21-23-29(32)36(31)5;1-20(30)23(21-12-6-5-7-13-21)15-10-11-17-26-28(2,3)27-24-16-9-8-14-22(24)18-19-25(27)29(26)4;1-11-16(2,3)14-10-9-12-7-5-6-8-13(12)15(14)17(11)4;3*1-7(2,3,4,5)6/h7-23H,1-6H3;5-19,23H,1-4H3;5-10H,1-4H3;;;/q3*+1;3*-1. The van der Waals surface area contributed by atoms with Crippen LogP contribution in [0, 0.1) is 0 Å². The molecule has 26 heteroatoms. The molecular weight excluding hydrogens is 1460 g/mol. The fraction of sp³-hybridized carbons (Fsp3) is 0.241. The van der Waals surface area contributed by atoms with Gasteiger partial charge in [-0.15, -0.1) is 0 Å². The summed E-state index contributed by atoms with van der Waals surface area (Å²) in [7, 11) is -23.3. The summed E-state index contributed by atoms with van der Waals surface area (Å²) in [4.78, 5) is 14.5. The van der Waals surface area contributed by atoms with Crippen molar-refractivity contribution >= 4 is 112 Å². The molecule has 4 heterocycles. The number of hydrogen-bond donors (Lipinski definition) is 0. The predicted molar refractivity (Wildman–Crippen MR) is 400 cm³/mol. The molecule has 105 heavy (non-hydrogen) atoms. The van der Waals surface area contributed by atoms with Crippen molar-refractivity contribution in [2.45, 2.75) is 96.8 Å². The summed E-state index contributed by atoms with van der Waals surface area (Å²) in [5.74, 6) is -0.0630. The molecule has 0 amide bonds. The third kappa shape index (κ3) is 21.1. The zero-order valence-corrected chi connectivity index (χ0v) is 62.5. The number of nitrogens with zero attached hydrogens (tertiary/aromatic N) is 4. The Labute approximate surface area is 597 Å². The minimum absolute atomic E-state index is 0.0483. The third-order valence-electron chi connectivity index (χ3n) is 19.0. The van der Waals surface area contributed by atoms with Crippen molar-refractivity contribution in [3.8, 4) is 0 Å². The second-order valence-electron chi connectivity index (χ2n) is 28.2. The number of anilines is 1. The quantitative estimate of drug-likeness (QED) is 0.0657. The first kappa shape index (κ1) is 81.9. The number of benzene rings is 9. The number of fused-ring (bicyclic) bond motifs is 12. The Morgan fingerprint density at radius 3 is 1.24 bits per heavy atom. The van der Waals surface area contributed by atoms with E-state index in [0.29, 0.717) is 0 Å². The minimum atomic E-state index is -10.7. The summed E-state index contributed by atoms with van der Waals surface area (Å²) in [5.41, 5.74) is 17.1. The molecular formula is C79H81F18N4OP3. The first-order chi connectivity index (χ1) is 47.5. The Balaban J connectivity index is 0.000000181.